The molecule has 4 nitrogen and oxygen atoms in total. The molecule has 0 bridgehead atoms. The van der Waals surface area contributed by atoms with Crippen LogP contribution in [0.2, 0.25) is 5.02 Å². The summed E-state index contributed by atoms with van der Waals surface area (Å²) in [7, 11) is 7.34. The predicted octanol–water partition coefficient (Wildman–Crippen LogP) is 2.72. The molecule has 0 aliphatic rings. The van der Waals surface area contributed by atoms with Crippen molar-refractivity contribution < 1.29 is 9.47 Å². The van der Waals surface area contributed by atoms with E-state index in [1.165, 1.54) is 0 Å². The second-order valence-electron chi connectivity index (χ2n) is 4.27. The molecule has 0 fully saturated rings. The van der Waals surface area contributed by atoms with Gasteiger partial charge in [0.1, 0.15) is 11.5 Å². The van der Waals surface area contributed by atoms with Crippen molar-refractivity contribution >= 4 is 17.3 Å². The molecule has 102 valence electrons. The zero-order chi connectivity index (χ0) is 13.5. The number of halogens is 1. The molecular formula is C13H21ClN2O2. The molecule has 0 aliphatic heterocycles. The van der Waals surface area contributed by atoms with Crippen LogP contribution in [0.1, 0.15) is 6.42 Å². The highest BCUT2D eigenvalue weighted by Crippen LogP contribution is 2.35. The molecule has 1 aromatic rings. The van der Waals surface area contributed by atoms with E-state index in [1.54, 1.807) is 20.3 Å². The topological polar surface area (TPSA) is 33.7 Å². The highest BCUT2D eigenvalue weighted by Gasteiger charge is 2.09. The van der Waals surface area contributed by atoms with Gasteiger partial charge in [0.15, 0.2) is 0 Å². The van der Waals surface area contributed by atoms with E-state index in [1.807, 2.05) is 6.07 Å². The Labute approximate surface area is 114 Å². The van der Waals surface area contributed by atoms with Crippen LogP contribution in [0, 0.1) is 0 Å². The number of rotatable bonds is 7. The summed E-state index contributed by atoms with van der Waals surface area (Å²) in [6, 6.07) is 3.62. The molecule has 0 heterocycles. The number of benzene rings is 1. The van der Waals surface area contributed by atoms with Crippen LogP contribution in [0.25, 0.3) is 0 Å². The fourth-order valence-corrected chi connectivity index (χ4v) is 1.86. The number of nitrogens with one attached hydrogen (secondary N) is 1. The summed E-state index contributed by atoms with van der Waals surface area (Å²) in [6.45, 7) is 1.91. The first-order chi connectivity index (χ1) is 8.58. The Morgan fingerprint density at radius 3 is 2.39 bits per heavy atom. The first kappa shape index (κ1) is 14.9. The maximum absolute atomic E-state index is 6.09. The molecule has 0 aromatic heterocycles. The minimum Gasteiger partial charge on any atom is -0.495 e. The Kier molecular flexibility index (Phi) is 6.09. The molecule has 1 N–H and O–H groups in total. The third-order valence-electron chi connectivity index (χ3n) is 2.57. The van der Waals surface area contributed by atoms with Gasteiger partial charge in [-0.05, 0) is 33.1 Å². The Hall–Kier alpha value is -1.13. The average Bonchev–Trinajstić information content (AvgIpc) is 2.34. The molecule has 0 atom stereocenters. The van der Waals surface area contributed by atoms with Crippen molar-refractivity contribution in [2.75, 3.05) is 46.7 Å². The highest BCUT2D eigenvalue weighted by atomic mass is 35.5. The number of anilines is 1. The van der Waals surface area contributed by atoms with Crippen LogP contribution in [0.15, 0.2) is 12.1 Å². The van der Waals surface area contributed by atoms with E-state index in [9.17, 15) is 0 Å². The van der Waals surface area contributed by atoms with Crippen molar-refractivity contribution in [3.63, 3.8) is 0 Å². The minimum atomic E-state index is 0.577. The lowest BCUT2D eigenvalue weighted by molar-refractivity contribution is 0.394. The molecule has 0 spiro atoms. The maximum Gasteiger partial charge on any atom is 0.145 e. The molecular weight excluding hydrogens is 252 g/mol. The molecule has 0 unspecified atom stereocenters. The van der Waals surface area contributed by atoms with Gasteiger partial charge in [0.25, 0.3) is 0 Å². The van der Waals surface area contributed by atoms with Gasteiger partial charge >= 0.3 is 0 Å². The first-order valence-electron chi connectivity index (χ1n) is 5.88. The molecule has 0 amide bonds. The molecule has 1 rings (SSSR count). The van der Waals surface area contributed by atoms with E-state index < -0.39 is 0 Å². The number of hydrogen-bond acceptors (Lipinski definition) is 4. The van der Waals surface area contributed by atoms with Crippen molar-refractivity contribution in [1.82, 2.24) is 4.90 Å². The smallest absolute Gasteiger partial charge is 0.145 e. The van der Waals surface area contributed by atoms with Crippen LogP contribution in [-0.2, 0) is 0 Å². The van der Waals surface area contributed by atoms with Crippen LogP contribution in [0.3, 0.4) is 0 Å². The summed E-state index contributed by atoms with van der Waals surface area (Å²) >= 11 is 6.09. The summed E-state index contributed by atoms with van der Waals surface area (Å²) < 4.78 is 10.5. The lowest BCUT2D eigenvalue weighted by Crippen LogP contribution is -2.16. The Morgan fingerprint density at radius 2 is 1.83 bits per heavy atom. The number of methoxy groups -OCH3 is 2. The standard InChI is InChI=1S/C13H21ClN2O2/c1-16(2)7-5-6-15-11-8-10(14)12(17-3)9-13(11)18-4/h8-9,15H,5-7H2,1-4H3. The minimum absolute atomic E-state index is 0.577. The summed E-state index contributed by atoms with van der Waals surface area (Å²) in [5.41, 5.74) is 0.891. The van der Waals surface area contributed by atoms with Gasteiger partial charge in [-0.15, -0.1) is 0 Å². The summed E-state index contributed by atoms with van der Waals surface area (Å²) in [6.07, 6.45) is 1.06. The lowest BCUT2D eigenvalue weighted by Gasteiger charge is -2.15. The van der Waals surface area contributed by atoms with Crippen molar-refractivity contribution in [3.8, 4) is 11.5 Å². The van der Waals surface area contributed by atoms with Gasteiger partial charge in [-0.25, -0.2) is 0 Å². The van der Waals surface area contributed by atoms with Crippen LogP contribution in [0.4, 0.5) is 5.69 Å². The van der Waals surface area contributed by atoms with Crippen molar-refractivity contribution in [1.29, 1.82) is 0 Å². The van der Waals surface area contributed by atoms with E-state index >= 15 is 0 Å². The van der Waals surface area contributed by atoms with Gasteiger partial charge in [-0.3, -0.25) is 0 Å². The van der Waals surface area contributed by atoms with E-state index in [4.69, 9.17) is 21.1 Å². The van der Waals surface area contributed by atoms with Gasteiger partial charge in [0.2, 0.25) is 0 Å². The van der Waals surface area contributed by atoms with Gasteiger partial charge in [-0.1, -0.05) is 11.6 Å². The number of ether oxygens (including phenoxy) is 2. The molecule has 5 heteroatoms. The number of hydrogen-bond donors (Lipinski definition) is 1. The van der Waals surface area contributed by atoms with Crippen LogP contribution < -0.4 is 14.8 Å². The maximum atomic E-state index is 6.09. The predicted molar refractivity (Wildman–Crippen MR) is 76.2 cm³/mol. The zero-order valence-corrected chi connectivity index (χ0v) is 12.2. The third-order valence-corrected chi connectivity index (χ3v) is 2.87. The van der Waals surface area contributed by atoms with Crippen molar-refractivity contribution in [2.24, 2.45) is 0 Å². The quantitative estimate of drug-likeness (QED) is 0.774. The molecule has 0 saturated carbocycles. The molecule has 1 aromatic carbocycles. The number of nitrogens with zero attached hydrogens (tertiary/aromatic N) is 1. The van der Waals surface area contributed by atoms with Crippen LogP contribution in [-0.4, -0.2) is 46.3 Å². The zero-order valence-electron chi connectivity index (χ0n) is 11.4. The first-order valence-corrected chi connectivity index (χ1v) is 6.26. The molecule has 0 aliphatic carbocycles. The Balaban J connectivity index is 2.66. The van der Waals surface area contributed by atoms with Gasteiger partial charge < -0.3 is 19.7 Å². The molecule has 18 heavy (non-hydrogen) atoms. The average molecular weight is 273 g/mol. The van der Waals surface area contributed by atoms with Gasteiger partial charge in [0.05, 0.1) is 24.9 Å². The largest absolute Gasteiger partial charge is 0.495 e. The fourth-order valence-electron chi connectivity index (χ4n) is 1.62. The summed E-state index contributed by atoms with van der Waals surface area (Å²) in [5, 5.41) is 3.90. The van der Waals surface area contributed by atoms with Gasteiger partial charge in [-0.2, -0.15) is 0 Å². The SMILES string of the molecule is COc1cc(OC)c(NCCCN(C)C)cc1Cl. The van der Waals surface area contributed by atoms with E-state index in [0.29, 0.717) is 10.8 Å². The Bertz CT molecular complexity index is 383. The van der Waals surface area contributed by atoms with E-state index in [2.05, 4.69) is 24.3 Å². The molecule has 0 saturated heterocycles. The van der Waals surface area contributed by atoms with E-state index in [0.717, 1.165) is 30.9 Å². The van der Waals surface area contributed by atoms with Gasteiger partial charge in [0, 0.05) is 12.6 Å². The summed E-state index contributed by atoms with van der Waals surface area (Å²) in [5.74, 6) is 1.36. The lowest BCUT2D eigenvalue weighted by atomic mass is 10.2. The normalized spacial score (nSPS) is 10.6. The van der Waals surface area contributed by atoms with Crippen molar-refractivity contribution in [2.45, 2.75) is 6.42 Å². The fraction of sp³-hybridized carbons (Fsp3) is 0.538. The highest BCUT2D eigenvalue weighted by molar-refractivity contribution is 6.32. The summed E-state index contributed by atoms with van der Waals surface area (Å²) in [4.78, 5) is 2.15. The van der Waals surface area contributed by atoms with Crippen LogP contribution >= 0.6 is 11.6 Å². The third kappa shape index (κ3) is 4.27. The second-order valence-corrected chi connectivity index (χ2v) is 4.68. The van der Waals surface area contributed by atoms with Crippen LogP contribution in [0.5, 0.6) is 11.5 Å². The monoisotopic (exact) mass is 272 g/mol. The van der Waals surface area contributed by atoms with Crippen molar-refractivity contribution in [3.05, 3.63) is 17.2 Å². The van der Waals surface area contributed by atoms with E-state index in [-0.39, 0.29) is 0 Å². The second kappa shape index (κ2) is 7.34. The Morgan fingerprint density at radius 1 is 1.17 bits per heavy atom. The molecule has 0 radical (unpaired) electrons.